The smallest absolute Gasteiger partial charge is 0.302 e. The van der Waals surface area contributed by atoms with Gasteiger partial charge in [0.2, 0.25) is 0 Å². The van der Waals surface area contributed by atoms with Crippen LogP contribution in [0.1, 0.15) is 13.8 Å². The van der Waals surface area contributed by atoms with E-state index in [1.807, 2.05) is 0 Å². The van der Waals surface area contributed by atoms with E-state index >= 15 is 0 Å². The molecular formula is C4H12MnO4. The minimum Gasteiger partial charge on any atom is -0.466 e. The number of carbonyl (C=O) groups is 1. The van der Waals surface area contributed by atoms with Gasteiger partial charge in [-0.15, -0.1) is 0 Å². The van der Waals surface area contributed by atoms with Crippen molar-refractivity contribution in [3.05, 3.63) is 0 Å². The Kier molecular flexibility index (Phi) is 40.3. The summed E-state index contributed by atoms with van der Waals surface area (Å²) in [6, 6.07) is 0. The molecule has 0 aromatic heterocycles. The third kappa shape index (κ3) is 32.6. The van der Waals surface area contributed by atoms with Crippen molar-refractivity contribution in [1.29, 1.82) is 0 Å². The predicted octanol–water partition coefficient (Wildman–Crippen LogP) is -1.08. The van der Waals surface area contributed by atoms with Crippen molar-refractivity contribution < 1.29 is 37.6 Å². The first-order valence-electron chi connectivity index (χ1n) is 1.90. The third-order valence-electron chi connectivity index (χ3n) is 0.348. The maximum atomic E-state index is 9.82. The van der Waals surface area contributed by atoms with E-state index in [9.17, 15) is 4.79 Å². The molecule has 0 rings (SSSR count). The largest absolute Gasteiger partial charge is 0.466 e. The summed E-state index contributed by atoms with van der Waals surface area (Å²) in [7, 11) is 0. The zero-order valence-corrected chi connectivity index (χ0v) is 6.58. The van der Waals surface area contributed by atoms with E-state index in [1.54, 1.807) is 6.92 Å². The van der Waals surface area contributed by atoms with Gasteiger partial charge in [0.1, 0.15) is 0 Å². The number of hydrogen-bond acceptors (Lipinski definition) is 2. The number of hydrogen-bond donors (Lipinski definition) is 0. The SMILES string of the molecule is CCOC(C)=O.O.O.[Mn]. The van der Waals surface area contributed by atoms with E-state index < -0.39 is 0 Å². The standard InChI is InChI=1S/C4H8O2.Mn.2H2O/c1-3-6-4(2)5;;;/h3H2,1-2H3;;2*1H2. The van der Waals surface area contributed by atoms with Crippen LogP contribution in [0.2, 0.25) is 0 Å². The van der Waals surface area contributed by atoms with Crippen LogP contribution >= 0.6 is 0 Å². The molecule has 0 aliphatic rings. The van der Waals surface area contributed by atoms with Crippen LogP contribution in [0.25, 0.3) is 0 Å². The second-order valence-electron chi connectivity index (χ2n) is 0.925. The summed E-state index contributed by atoms with van der Waals surface area (Å²) in [4.78, 5) is 9.82. The van der Waals surface area contributed by atoms with Gasteiger partial charge in [-0.2, -0.15) is 0 Å². The van der Waals surface area contributed by atoms with Crippen LogP contribution in [0.5, 0.6) is 0 Å². The summed E-state index contributed by atoms with van der Waals surface area (Å²) in [5.74, 6) is -0.211. The monoisotopic (exact) mass is 179 g/mol. The van der Waals surface area contributed by atoms with E-state index in [1.165, 1.54) is 6.92 Å². The van der Waals surface area contributed by atoms with Gasteiger partial charge in [0.05, 0.1) is 6.61 Å². The molecule has 0 aliphatic carbocycles. The molecule has 0 heterocycles. The molecule has 0 amide bonds. The van der Waals surface area contributed by atoms with Crippen molar-refractivity contribution in [3.63, 3.8) is 0 Å². The second-order valence-corrected chi connectivity index (χ2v) is 0.925. The Labute approximate surface area is 64.7 Å². The van der Waals surface area contributed by atoms with Crippen LogP contribution in [-0.4, -0.2) is 23.5 Å². The Bertz CT molecular complexity index is 56.5. The zero-order chi connectivity index (χ0) is 4.99. The summed E-state index contributed by atoms with van der Waals surface area (Å²) in [6.45, 7) is 3.65. The first kappa shape index (κ1) is 23.1. The molecule has 59 valence electrons. The Hall–Kier alpha value is -0.0905. The van der Waals surface area contributed by atoms with Gasteiger partial charge in [0, 0.05) is 24.0 Å². The molecule has 1 radical (unpaired) electrons. The summed E-state index contributed by atoms with van der Waals surface area (Å²) >= 11 is 0. The van der Waals surface area contributed by atoms with Crippen molar-refractivity contribution in [1.82, 2.24) is 0 Å². The van der Waals surface area contributed by atoms with Gasteiger partial charge in [-0.3, -0.25) is 4.79 Å². The number of carbonyl (C=O) groups excluding carboxylic acids is 1. The predicted molar refractivity (Wildman–Crippen MR) is 29.5 cm³/mol. The molecule has 0 unspecified atom stereocenters. The van der Waals surface area contributed by atoms with Gasteiger partial charge < -0.3 is 15.7 Å². The van der Waals surface area contributed by atoms with E-state index in [0.29, 0.717) is 6.61 Å². The molecule has 4 N–H and O–H groups in total. The second kappa shape index (κ2) is 15.7. The molecular weight excluding hydrogens is 167 g/mol. The molecule has 0 bridgehead atoms. The molecule has 4 nitrogen and oxygen atoms in total. The quantitative estimate of drug-likeness (QED) is 0.378. The molecule has 0 fully saturated rings. The van der Waals surface area contributed by atoms with Crippen LogP contribution in [0, 0.1) is 0 Å². The van der Waals surface area contributed by atoms with Crippen molar-refractivity contribution in [2.45, 2.75) is 13.8 Å². The normalized spacial score (nSPS) is 5.11. The Balaban J connectivity index is -0.0000000417. The minimum absolute atomic E-state index is 0. The van der Waals surface area contributed by atoms with E-state index in [2.05, 4.69) is 4.74 Å². The number of ether oxygens (including phenoxy) is 1. The van der Waals surface area contributed by atoms with Gasteiger partial charge in [-0.1, -0.05) is 0 Å². The van der Waals surface area contributed by atoms with Gasteiger partial charge in [-0.05, 0) is 6.92 Å². The van der Waals surface area contributed by atoms with Crippen molar-refractivity contribution >= 4 is 5.97 Å². The Morgan fingerprint density at radius 1 is 1.44 bits per heavy atom. The molecule has 0 spiro atoms. The molecule has 9 heavy (non-hydrogen) atoms. The number of rotatable bonds is 1. The van der Waals surface area contributed by atoms with Gasteiger partial charge in [0.15, 0.2) is 0 Å². The summed E-state index contributed by atoms with van der Waals surface area (Å²) in [5, 5.41) is 0. The van der Waals surface area contributed by atoms with Gasteiger partial charge in [0.25, 0.3) is 0 Å². The number of esters is 1. The van der Waals surface area contributed by atoms with Crippen LogP contribution < -0.4 is 0 Å². The fraction of sp³-hybridized carbons (Fsp3) is 0.750. The topological polar surface area (TPSA) is 89.3 Å². The Morgan fingerprint density at radius 3 is 1.78 bits per heavy atom. The fourth-order valence-corrected chi connectivity index (χ4v) is 0.203. The molecule has 0 aromatic rings. The maximum Gasteiger partial charge on any atom is 0.302 e. The summed E-state index contributed by atoms with van der Waals surface area (Å²) in [6.07, 6.45) is 0. The van der Waals surface area contributed by atoms with Crippen LogP contribution in [0.3, 0.4) is 0 Å². The first-order valence-corrected chi connectivity index (χ1v) is 1.90. The average Bonchev–Trinajstić information content (AvgIpc) is 1.35. The fourth-order valence-electron chi connectivity index (χ4n) is 0.203. The minimum atomic E-state index is -0.211. The van der Waals surface area contributed by atoms with Gasteiger partial charge >= 0.3 is 5.97 Å². The third-order valence-corrected chi connectivity index (χ3v) is 0.348. The average molecular weight is 179 g/mol. The Morgan fingerprint density at radius 2 is 1.78 bits per heavy atom. The van der Waals surface area contributed by atoms with Crippen molar-refractivity contribution in [2.24, 2.45) is 0 Å². The zero-order valence-electron chi connectivity index (χ0n) is 5.40. The molecule has 0 aliphatic heterocycles. The van der Waals surface area contributed by atoms with E-state index in [0.717, 1.165) is 0 Å². The maximum absolute atomic E-state index is 9.82. The summed E-state index contributed by atoms with van der Waals surface area (Å²) in [5.41, 5.74) is 0. The van der Waals surface area contributed by atoms with Crippen LogP contribution in [0.4, 0.5) is 0 Å². The van der Waals surface area contributed by atoms with E-state index in [4.69, 9.17) is 0 Å². The van der Waals surface area contributed by atoms with Crippen molar-refractivity contribution in [2.75, 3.05) is 6.61 Å². The molecule has 5 heteroatoms. The van der Waals surface area contributed by atoms with Crippen LogP contribution in [0.15, 0.2) is 0 Å². The first-order chi connectivity index (χ1) is 2.77. The summed E-state index contributed by atoms with van der Waals surface area (Å²) < 4.78 is 4.40. The van der Waals surface area contributed by atoms with Gasteiger partial charge in [-0.25, -0.2) is 0 Å². The molecule has 0 aromatic carbocycles. The van der Waals surface area contributed by atoms with Crippen molar-refractivity contribution in [3.8, 4) is 0 Å². The molecule has 0 saturated heterocycles. The molecule has 0 atom stereocenters. The van der Waals surface area contributed by atoms with Crippen LogP contribution in [-0.2, 0) is 26.6 Å². The van der Waals surface area contributed by atoms with E-state index in [-0.39, 0.29) is 34.0 Å². The molecule has 0 saturated carbocycles.